The summed E-state index contributed by atoms with van der Waals surface area (Å²) in [6.07, 6.45) is 5.78. The first-order chi connectivity index (χ1) is 21.4. The molecule has 0 aliphatic rings. The highest BCUT2D eigenvalue weighted by Crippen LogP contribution is 2.36. The molecule has 0 unspecified atom stereocenters. The molecule has 0 spiro atoms. The van der Waals surface area contributed by atoms with Crippen molar-refractivity contribution in [2.45, 2.75) is 33.6 Å². The van der Waals surface area contributed by atoms with E-state index in [1.54, 1.807) is 0 Å². The number of pyridine rings is 1. The van der Waals surface area contributed by atoms with Crippen LogP contribution in [0.3, 0.4) is 0 Å². The molecule has 0 fully saturated rings. The molecule has 3 heterocycles. The SMILES string of the molecule is [C-]#[N+]c1cc(C)c(-c2cnn(-c3cccc(Oc4ccc5c6ccccc6n(-c6cc(C(C)C)ccn6)c5c4)c3)c2)c(C)c1. The van der Waals surface area contributed by atoms with Crippen LogP contribution in [0.25, 0.3) is 49.3 Å². The summed E-state index contributed by atoms with van der Waals surface area (Å²) >= 11 is 0. The number of benzene rings is 4. The van der Waals surface area contributed by atoms with Crippen LogP contribution < -0.4 is 4.74 Å². The maximum Gasteiger partial charge on any atom is 0.187 e. The Hall–Kier alpha value is -5.67. The molecule has 0 radical (unpaired) electrons. The third-order valence-corrected chi connectivity index (χ3v) is 8.15. The highest BCUT2D eigenvalue weighted by Gasteiger charge is 2.16. The Morgan fingerprint density at radius 3 is 2.36 bits per heavy atom. The second-order valence-corrected chi connectivity index (χ2v) is 11.5. The molecule has 7 aromatic rings. The summed E-state index contributed by atoms with van der Waals surface area (Å²) in [5.41, 5.74) is 9.19. The van der Waals surface area contributed by atoms with Gasteiger partial charge in [0.25, 0.3) is 0 Å². The molecule has 0 N–H and O–H groups in total. The van der Waals surface area contributed by atoms with E-state index in [1.165, 1.54) is 10.9 Å². The standard InChI is InChI=1S/C38H31N5O/c1-24(2)27-15-16-40-37(19-27)43-35-12-7-6-11-33(35)34-14-13-32(21-36(34)43)44-31-10-8-9-30(20-31)42-23-28(22-41-42)38-25(3)17-29(39-5)18-26(38)4/h6-24H,1-4H3. The van der Waals surface area contributed by atoms with Crippen molar-refractivity contribution in [1.29, 1.82) is 0 Å². The topological polar surface area (TPSA) is 49.2 Å². The number of para-hydroxylation sites is 1. The van der Waals surface area contributed by atoms with Gasteiger partial charge in [0.05, 0.1) is 29.5 Å². The maximum absolute atomic E-state index is 7.36. The average molecular weight is 574 g/mol. The molecule has 0 atom stereocenters. The van der Waals surface area contributed by atoms with Crippen molar-refractivity contribution < 1.29 is 4.74 Å². The molecule has 6 nitrogen and oxygen atoms in total. The fraction of sp³-hybridized carbons (Fsp3) is 0.132. The van der Waals surface area contributed by atoms with Crippen LogP contribution in [0.1, 0.15) is 36.5 Å². The number of aryl methyl sites for hydroxylation is 2. The highest BCUT2D eigenvalue weighted by atomic mass is 16.5. The predicted octanol–water partition coefficient (Wildman–Crippen LogP) is 10.1. The van der Waals surface area contributed by atoms with Gasteiger partial charge >= 0.3 is 0 Å². The van der Waals surface area contributed by atoms with Gasteiger partial charge in [0.15, 0.2) is 5.69 Å². The van der Waals surface area contributed by atoms with E-state index in [4.69, 9.17) is 16.3 Å². The van der Waals surface area contributed by atoms with E-state index in [-0.39, 0.29) is 0 Å². The number of hydrogen-bond donors (Lipinski definition) is 0. The smallest absolute Gasteiger partial charge is 0.187 e. The Kier molecular flexibility index (Phi) is 6.71. The van der Waals surface area contributed by atoms with E-state index in [0.29, 0.717) is 11.6 Å². The molecular formula is C38H31N5O. The first kappa shape index (κ1) is 27.2. The molecule has 0 saturated carbocycles. The second kappa shape index (κ2) is 10.9. The van der Waals surface area contributed by atoms with Gasteiger partial charge in [-0.15, -0.1) is 0 Å². The average Bonchev–Trinajstić information content (AvgIpc) is 3.64. The summed E-state index contributed by atoms with van der Waals surface area (Å²) < 4.78 is 10.5. The fourth-order valence-corrected chi connectivity index (χ4v) is 6.06. The minimum absolute atomic E-state index is 0.403. The molecule has 0 saturated heterocycles. The molecule has 0 aliphatic carbocycles. The van der Waals surface area contributed by atoms with Crippen LogP contribution in [-0.4, -0.2) is 19.3 Å². The van der Waals surface area contributed by atoms with Gasteiger partial charge in [-0.2, -0.15) is 5.10 Å². The van der Waals surface area contributed by atoms with E-state index >= 15 is 0 Å². The van der Waals surface area contributed by atoms with E-state index in [0.717, 1.165) is 61.7 Å². The van der Waals surface area contributed by atoms with Gasteiger partial charge in [0.2, 0.25) is 0 Å². The zero-order chi connectivity index (χ0) is 30.4. The molecule has 0 aliphatic heterocycles. The lowest BCUT2D eigenvalue weighted by Crippen LogP contribution is -1.99. The number of ether oxygens (including phenoxy) is 1. The molecule has 6 heteroatoms. The third kappa shape index (κ3) is 4.79. The van der Waals surface area contributed by atoms with Gasteiger partial charge in [-0.05, 0) is 73.4 Å². The molecule has 3 aromatic heterocycles. The Balaban J connectivity index is 1.24. The van der Waals surface area contributed by atoms with Crippen LogP contribution >= 0.6 is 0 Å². The number of rotatable bonds is 6. The summed E-state index contributed by atoms with van der Waals surface area (Å²) in [4.78, 5) is 8.36. The normalized spacial score (nSPS) is 11.4. The van der Waals surface area contributed by atoms with E-state index in [1.807, 2.05) is 79.6 Å². The summed E-state index contributed by atoms with van der Waals surface area (Å²) in [7, 11) is 0. The molecule has 0 bridgehead atoms. The van der Waals surface area contributed by atoms with Gasteiger partial charge in [0, 0.05) is 40.9 Å². The van der Waals surface area contributed by atoms with E-state index in [2.05, 4.69) is 76.9 Å². The maximum atomic E-state index is 7.36. The molecule has 7 rings (SSSR count). The van der Waals surface area contributed by atoms with Gasteiger partial charge in [-0.1, -0.05) is 61.4 Å². The van der Waals surface area contributed by atoms with Gasteiger partial charge in [-0.3, -0.25) is 4.57 Å². The lowest BCUT2D eigenvalue weighted by Gasteiger charge is -2.12. The number of hydrogen-bond acceptors (Lipinski definition) is 3. The lowest BCUT2D eigenvalue weighted by molar-refractivity contribution is 0.483. The first-order valence-corrected chi connectivity index (χ1v) is 14.7. The first-order valence-electron chi connectivity index (χ1n) is 14.7. The monoisotopic (exact) mass is 573 g/mol. The summed E-state index contributed by atoms with van der Waals surface area (Å²) in [5, 5.41) is 6.98. The summed E-state index contributed by atoms with van der Waals surface area (Å²) in [6.45, 7) is 15.8. The van der Waals surface area contributed by atoms with E-state index in [9.17, 15) is 0 Å². The summed E-state index contributed by atoms with van der Waals surface area (Å²) in [5.74, 6) is 2.76. The number of aromatic nitrogens is 4. The Morgan fingerprint density at radius 1 is 0.795 bits per heavy atom. The van der Waals surface area contributed by atoms with Crippen LogP contribution in [0.4, 0.5) is 5.69 Å². The quantitative estimate of drug-likeness (QED) is 0.186. The number of nitrogens with zero attached hydrogens (tertiary/aromatic N) is 5. The number of fused-ring (bicyclic) bond motifs is 3. The van der Waals surface area contributed by atoms with Gasteiger partial charge < -0.3 is 4.74 Å². The predicted molar refractivity (Wildman–Crippen MR) is 177 cm³/mol. The molecule has 214 valence electrons. The largest absolute Gasteiger partial charge is 0.457 e. The Labute approximate surface area is 256 Å². The van der Waals surface area contributed by atoms with Gasteiger partial charge in [-0.25, -0.2) is 14.5 Å². The van der Waals surface area contributed by atoms with E-state index < -0.39 is 0 Å². The zero-order valence-corrected chi connectivity index (χ0v) is 25.1. The lowest BCUT2D eigenvalue weighted by atomic mass is 9.97. The van der Waals surface area contributed by atoms with Crippen molar-refractivity contribution in [2.75, 3.05) is 0 Å². The summed E-state index contributed by atoms with van der Waals surface area (Å²) in [6, 6.07) is 30.7. The van der Waals surface area contributed by atoms with Crippen LogP contribution in [0.5, 0.6) is 11.5 Å². The van der Waals surface area contributed by atoms with Crippen LogP contribution in [0.15, 0.2) is 110 Å². The molecule has 44 heavy (non-hydrogen) atoms. The van der Waals surface area contributed by atoms with Gasteiger partial charge in [0.1, 0.15) is 17.3 Å². The highest BCUT2D eigenvalue weighted by molar-refractivity contribution is 6.09. The minimum atomic E-state index is 0.403. The molecule has 4 aromatic carbocycles. The Bertz CT molecular complexity index is 2210. The molecular weight excluding hydrogens is 542 g/mol. The van der Waals surface area contributed by atoms with Crippen molar-refractivity contribution in [3.63, 3.8) is 0 Å². The van der Waals surface area contributed by atoms with Crippen LogP contribution in [-0.2, 0) is 0 Å². The minimum Gasteiger partial charge on any atom is -0.457 e. The van der Waals surface area contributed by atoms with Crippen molar-refractivity contribution in [3.8, 4) is 34.1 Å². The third-order valence-electron chi connectivity index (χ3n) is 8.15. The van der Waals surface area contributed by atoms with Crippen molar-refractivity contribution >= 4 is 27.5 Å². The van der Waals surface area contributed by atoms with Crippen molar-refractivity contribution in [1.82, 2.24) is 19.3 Å². The van der Waals surface area contributed by atoms with Crippen LogP contribution in [0, 0.1) is 20.4 Å². The van der Waals surface area contributed by atoms with Crippen molar-refractivity contribution in [2.24, 2.45) is 0 Å². The Morgan fingerprint density at radius 2 is 1.57 bits per heavy atom. The van der Waals surface area contributed by atoms with Crippen molar-refractivity contribution in [3.05, 3.63) is 138 Å². The molecule has 0 amide bonds. The fourth-order valence-electron chi connectivity index (χ4n) is 6.06. The zero-order valence-electron chi connectivity index (χ0n) is 25.1. The second-order valence-electron chi connectivity index (χ2n) is 11.5. The van der Waals surface area contributed by atoms with Crippen LogP contribution in [0.2, 0.25) is 0 Å².